The van der Waals surface area contributed by atoms with E-state index in [2.05, 4.69) is 0 Å². The van der Waals surface area contributed by atoms with Gasteiger partial charge in [-0.2, -0.15) is 13.2 Å². The minimum absolute atomic E-state index is 0.251. The fourth-order valence-corrected chi connectivity index (χ4v) is 2.61. The molecular weight excluding hydrogens is 376 g/mol. The monoisotopic (exact) mass is 385 g/mol. The molecule has 136 valence electrons. The van der Waals surface area contributed by atoms with Crippen LogP contribution in [0.5, 0.6) is 0 Å². The van der Waals surface area contributed by atoms with Gasteiger partial charge in [-0.3, -0.25) is 4.79 Å². The Morgan fingerprint density at radius 2 is 1.68 bits per heavy atom. The van der Waals surface area contributed by atoms with Gasteiger partial charge in [-0.25, -0.2) is 13.2 Å². The zero-order valence-electron chi connectivity index (χ0n) is 12.5. The molecule has 1 N–H and O–H groups in total. The van der Waals surface area contributed by atoms with E-state index in [-0.39, 0.29) is 18.7 Å². The number of aromatic nitrogens is 1. The van der Waals surface area contributed by atoms with Gasteiger partial charge in [-0.15, -0.1) is 0 Å². The molecule has 1 atom stereocenters. The Balaban J connectivity index is 2.98. The van der Waals surface area contributed by atoms with E-state index in [0.717, 1.165) is 0 Å². The van der Waals surface area contributed by atoms with E-state index in [4.69, 9.17) is 11.6 Å². The number of aliphatic hydroxyl groups excluding tert-OH is 1. The van der Waals surface area contributed by atoms with Gasteiger partial charge in [0.15, 0.2) is 6.10 Å². The molecule has 1 unspecified atom stereocenters. The molecule has 1 aromatic heterocycles. The third-order valence-corrected chi connectivity index (χ3v) is 3.71. The molecule has 0 aliphatic carbocycles. The van der Waals surface area contributed by atoms with Gasteiger partial charge in [0, 0.05) is 24.2 Å². The lowest BCUT2D eigenvalue weighted by atomic mass is 9.99. The van der Waals surface area contributed by atoms with Gasteiger partial charge in [0.05, 0.1) is 11.3 Å². The van der Waals surface area contributed by atoms with Crippen LogP contribution in [0.4, 0.5) is 26.3 Å². The van der Waals surface area contributed by atoms with Crippen LogP contribution in [-0.2, 0) is 6.54 Å². The average molecular weight is 386 g/mol. The van der Waals surface area contributed by atoms with Crippen molar-refractivity contribution in [1.29, 1.82) is 0 Å². The number of aliphatic hydroxyl groups is 1. The SMILES string of the molecule is CCn1c(-c2c(F)cc(F)cc2F)c(C(O)C(F)(F)F)cc(Cl)c1=O. The summed E-state index contributed by atoms with van der Waals surface area (Å²) in [7, 11) is 0. The van der Waals surface area contributed by atoms with Crippen molar-refractivity contribution in [2.75, 3.05) is 0 Å². The third-order valence-electron chi connectivity index (χ3n) is 3.44. The molecule has 1 heterocycles. The molecule has 25 heavy (non-hydrogen) atoms. The molecule has 1 aromatic carbocycles. The van der Waals surface area contributed by atoms with Crippen molar-refractivity contribution in [3.8, 4) is 11.3 Å². The van der Waals surface area contributed by atoms with Crippen LogP contribution in [0.25, 0.3) is 11.3 Å². The molecule has 10 heteroatoms. The summed E-state index contributed by atoms with van der Waals surface area (Å²) in [6.07, 6.45) is -8.36. The Kier molecular flexibility index (Phi) is 5.19. The first kappa shape index (κ1) is 19.3. The fraction of sp³-hybridized carbons (Fsp3) is 0.267. The van der Waals surface area contributed by atoms with Crippen molar-refractivity contribution >= 4 is 11.6 Å². The van der Waals surface area contributed by atoms with Gasteiger partial charge < -0.3 is 9.67 Å². The first-order chi connectivity index (χ1) is 11.5. The Hall–Kier alpha value is -2.00. The number of nitrogens with zero attached hydrogens (tertiary/aromatic N) is 1. The third kappa shape index (κ3) is 3.52. The molecule has 0 aliphatic heterocycles. The van der Waals surface area contributed by atoms with Crippen LogP contribution >= 0.6 is 11.6 Å². The topological polar surface area (TPSA) is 42.2 Å². The van der Waals surface area contributed by atoms with Gasteiger partial charge in [0.2, 0.25) is 0 Å². The number of hydrogen-bond acceptors (Lipinski definition) is 2. The molecule has 0 saturated carbocycles. The highest BCUT2D eigenvalue weighted by molar-refractivity contribution is 6.30. The number of hydrogen-bond donors (Lipinski definition) is 1. The van der Waals surface area contributed by atoms with Crippen molar-refractivity contribution in [2.24, 2.45) is 0 Å². The minimum Gasteiger partial charge on any atom is -0.379 e. The van der Waals surface area contributed by atoms with Gasteiger partial charge in [-0.05, 0) is 13.0 Å². The Bertz CT molecular complexity index is 855. The van der Waals surface area contributed by atoms with E-state index in [1.807, 2.05) is 0 Å². The van der Waals surface area contributed by atoms with Crippen LogP contribution in [0.3, 0.4) is 0 Å². The van der Waals surface area contributed by atoms with Crippen LogP contribution in [0.2, 0.25) is 5.02 Å². The molecule has 0 radical (unpaired) electrons. The van der Waals surface area contributed by atoms with E-state index in [1.54, 1.807) is 0 Å². The van der Waals surface area contributed by atoms with E-state index in [0.29, 0.717) is 10.6 Å². The Labute approximate surface area is 142 Å². The number of benzene rings is 1. The van der Waals surface area contributed by atoms with Gasteiger partial charge in [0.25, 0.3) is 5.56 Å². The standard InChI is InChI=1S/C15H10ClF6NO2/c1-2-23-12(11-9(18)3-6(17)4-10(11)19)7(5-8(16)14(23)25)13(24)15(20,21)22/h3-5,13,24H,2H2,1H3. The van der Waals surface area contributed by atoms with Crippen molar-refractivity contribution < 1.29 is 31.4 Å². The predicted molar refractivity (Wildman–Crippen MR) is 77.7 cm³/mol. The smallest absolute Gasteiger partial charge is 0.379 e. The summed E-state index contributed by atoms with van der Waals surface area (Å²) in [5.74, 6) is -4.36. The molecule has 2 aromatic rings. The maximum atomic E-state index is 14.1. The summed E-state index contributed by atoms with van der Waals surface area (Å²) < 4.78 is 80.7. The summed E-state index contributed by atoms with van der Waals surface area (Å²) in [6.45, 7) is 1.02. The summed E-state index contributed by atoms with van der Waals surface area (Å²) >= 11 is 5.60. The van der Waals surface area contributed by atoms with Gasteiger partial charge in [0.1, 0.15) is 22.5 Å². The molecule has 0 bridgehead atoms. The van der Waals surface area contributed by atoms with E-state index in [9.17, 15) is 36.2 Å². The molecule has 3 nitrogen and oxygen atoms in total. The van der Waals surface area contributed by atoms with Crippen LogP contribution < -0.4 is 5.56 Å². The average Bonchev–Trinajstić information content (AvgIpc) is 2.48. The molecule has 0 aliphatic rings. The van der Waals surface area contributed by atoms with Gasteiger partial charge in [-0.1, -0.05) is 11.6 Å². The Morgan fingerprint density at radius 1 is 1.16 bits per heavy atom. The Morgan fingerprint density at radius 3 is 2.12 bits per heavy atom. The molecule has 0 spiro atoms. The molecule has 2 rings (SSSR count). The largest absolute Gasteiger partial charge is 0.418 e. The highest BCUT2D eigenvalue weighted by Crippen LogP contribution is 2.39. The zero-order chi connectivity index (χ0) is 19.1. The normalized spacial score (nSPS) is 13.2. The number of alkyl halides is 3. The molecular formula is C15H10ClF6NO2. The van der Waals surface area contributed by atoms with Crippen LogP contribution in [0.1, 0.15) is 18.6 Å². The lowest BCUT2D eigenvalue weighted by Crippen LogP contribution is -2.28. The maximum Gasteiger partial charge on any atom is 0.418 e. The fourth-order valence-electron chi connectivity index (χ4n) is 2.39. The molecule has 0 fully saturated rings. The van der Waals surface area contributed by atoms with Crippen LogP contribution in [-0.4, -0.2) is 15.8 Å². The van der Waals surface area contributed by atoms with Crippen molar-refractivity contribution in [3.63, 3.8) is 0 Å². The quantitative estimate of drug-likeness (QED) is 0.805. The molecule has 0 saturated heterocycles. The molecule has 0 amide bonds. The van der Waals surface area contributed by atoms with Crippen LogP contribution in [0.15, 0.2) is 23.0 Å². The van der Waals surface area contributed by atoms with E-state index in [1.165, 1.54) is 6.92 Å². The second kappa shape index (κ2) is 6.72. The summed E-state index contributed by atoms with van der Waals surface area (Å²) in [4.78, 5) is 12.1. The summed E-state index contributed by atoms with van der Waals surface area (Å²) in [5, 5.41) is 8.88. The first-order valence-electron chi connectivity index (χ1n) is 6.82. The highest BCUT2D eigenvalue weighted by atomic mass is 35.5. The van der Waals surface area contributed by atoms with Crippen molar-refractivity contribution in [3.05, 3.63) is 56.6 Å². The van der Waals surface area contributed by atoms with Crippen molar-refractivity contribution in [2.45, 2.75) is 25.7 Å². The van der Waals surface area contributed by atoms with E-state index >= 15 is 0 Å². The lowest BCUT2D eigenvalue weighted by Gasteiger charge is -2.22. The summed E-state index contributed by atoms with van der Waals surface area (Å²) in [5.41, 5.74) is -3.98. The number of halogens is 7. The second-order valence-corrected chi connectivity index (χ2v) is 5.44. The lowest BCUT2D eigenvalue weighted by molar-refractivity contribution is -0.206. The van der Waals surface area contributed by atoms with Crippen LogP contribution in [0, 0.1) is 17.5 Å². The second-order valence-electron chi connectivity index (χ2n) is 5.03. The first-order valence-corrected chi connectivity index (χ1v) is 7.19. The number of pyridine rings is 1. The highest BCUT2D eigenvalue weighted by Gasteiger charge is 2.42. The minimum atomic E-state index is -5.19. The maximum absolute atomic E-state index is 14.1. The van der Waals surface area contributed by atoms with Gasteiger partial charge >= 0.3 is 6.18 Å². The predicted octanol–water partition coefficient (Wildman–Crippen LogP) is 4.20. The zero-order valence-corrected chi connectivity index (χ0v) is 13.2. The number of rotatable bonds is 3. The van der Waals surface area contributed by atoms with Crippen molar-refractivity contribution in [1.82, 2.24) is 4.57 Å². The van der Waals surface area contributed by atoms with E-state index < -0.39 is 57.1 Å². The summed E-state index contributed by atoms with van der Waals surface area (Å²) in [6, 6.07) is 0.994.